The van der Waals surface area contributed by atoms with E-state index in [1.54, 1.807) is 0 Å². The lowest BCUT2D eigenvalue weighted by Gasteiger charge is -2.42. The second-order valence-corrected chi connectivity index (χ2v) is 7.62. The van der Waals surface area contributed by atoms with Crippen molar-refractivity contribution in [3.05, 3.63) is 35.9 Å². The highest BCUT2D eigenvalue weighted by atomic mass is 16.3. The van der Waals surface area contributed by atoms with E-state index in [0.29, 0.717) is 19.5 Å². The summed E-state index contributed by atoms with van der Waals surface area (Å²) in [5.74, 6) is 0.698. The van der Waals surface area contributed by atoms with Crippen molar-refractivity contribution in [1.82, 2.24) is 9.80 Å². The Bertz CT molecular complexity index is 540. The average molecular weight is 330 g/mol. The Kier molecular flexibility index (Phi) is 5.57. The Morgan fingerprint density at radius 3 is 2.58 bits per heavy atom. The van der Waals surface area contributed by atoms with Crippen LogP contribution in [0.2, 0.25) is 0 Å². The molecule has 1 amide bonds. The molecule has 2 aliphatic heterocycles. The van der Waals surface area contributed by atoms with Gasteiger partial charge in [-0.1, -0.05) is 37.3 Å². The Balaban J connectivity index is 1.57. The molecule has 1 unspecified atom stereocenters. The van der Waals surface area contributed by atoms with E-state index in [4.69, 9.17) is 0 Å². The Labute approximate surface area is 145 Å². The first-order valence-corrected chi connectivity index (χ1v) is 9.35. The third kappa shape index (κ3) is 4.17. The lowest BCUT2D eigenvalue weighted by atomic mass is 9.89. The predicted molar refractivity (Wildman–Crippen MR) is 95.7 cm³/mol. The fourth-order valence-corrected chi connectivity index (χ4v) is 3.92. The van der Waals surface area contributed by atoms with Crippen molar-refractivity contribution < 1.29 is 9.90 Å². The maximum Gasteiger partial charge on any atom is 0.255 e. The van der Waals surface area contributed by atoms with Crippen LogP contribution in [0.1, 0.15) is 38.2 Å². The SMILES string of the molecule is CC1CCN(CC2(O)CCCN(CCc3ccccc3)C2=O)CC1. The molecule has 24 heavy (non-hydrogen) atoms. The normalized spacial score (nSPS) is 26.8. The number of likely N-dealkylation sites (tertiary alicyclic amines) is 2. The van der Waals surface area contributed by atoms with Gasteiger partial charge in [0.2, 0.25) is 0 Å². The van der Waals surface area contributed by atoms with Crippen LogP contribution in [0.3, 0.4) is 0 Å². The molecule has 0 bridgehead atoms. The third-order valence-electron chi connectivity index (χ3n) is 5.58. The average Bonchev–Trinajstić information content (AvgIpc) is 2.59. The molecule has 3 rings (SSSR count). The number of amides is 1. The first-order chi connectivity index (χ1) is 11.6. The summed E-state index contributed by atoms with van der Waals surface area (Å²) in [6, 6.07) is 10.3. The second kappa shape index (κ2) is 7.66. The Hall–Kier alpha value is -1.39. The van der Waals surface area contributed by atoms with E-state index in [1.807, 2.05) is 23.1 Å². The number of carbonyl (C=O) groups excluding carboxylic acids is 1. The Morgan fingerprint density at radius 2 is 1.88 bits per heavy atom. The molecule has 1 atom stereocenters. The maximum absolute atomic E-state index is 12.9. The van der Waals surface area contributed by atoms with E-state index in [0.717, 1.165) is 38.4 Å². The van der Waals surface area contributed by atoms with Crippen molar-refractivity contribution in [2.75, 3.05) is 32.7 Å². The molecular formula is C20H30N2O2. The molecule has 1 N–H and O–H groups in total. The van der Waals surface area contributed by atoms with Gasteiger partial charge in [0.25, 0.3) is 5.91 Å². The van der Waals surface area contributed by atoms with Crippen LogP contribution in [-0.2, 0) is 11.2 Å². The summed E-state index contributed by atoms with van der Waals surface area (Å²) in [5, 5.41) is 11.0. The topological polar surface area (TPSA) is 43.8 Å². The molecule has 0 radical (unpaired) electrons. The van der Waals surface area contributed by atoms with Crippen LogP contribution in [0.4, 0.5) is 0 Å². The standard InChI is InChI=1S/C20H30N2O2/c1-17-8-13-21(14-9-17)16-20(24)11-5-12-22(19(20)23)15-10-18-6-3-2-4-7-18/h2-4,6-7,17,24H,5,8-16H2,1H3. The van der Waals surface area contributed by atoms with Gasteiger partial charge in [-0.25, -0.2) is 0 Å². The summed E-state index contributed by atoms with van der Waals surface area (Å²) in [7, 11) is 0. The minimum Gasteiger partial charge on any atom is -0.379 e. The van der Waals surface area contributed by atoms with Gasteiger partial charge in [0.15, 0.2) is 5.60 Å². The van der Waals surface area contributed by atoms with Crippen molar-refractivity contribution >= 4 is 5.91 Å². The lowest BCUT2D eigenvalue weighted by molar-refractivity contribution is -0.159. The maximum atomic E-state index is 12.9. The van der Waals surface area contributed by atoms with Crippen LogP contribution in [0.25, 0.3) is 0 Å². The second-order valence-electron chi connectivity index (χ2n) is 7.62. The first-order valence-electron chi connectivity index (χ1n) is 9.35. The molecule has 1 aromatic carbocycles. The van der Waals surface area contributed by atoms with Gasteiger partial charge >= 0.3 is 0 Å². The molecule has 1 aromatic rings. The summed E-state index contributed by atoms with van der Waals surface area (Å²) in [5.41, 5.74) is 0.0552. The minimum absolute atomic E-state index is 0.0664. The van der Waals surface area contributed by atoms with Crippen LogP contribution < -0.4 is 0 Å². The van der Waals surface area contributed by atoms with Gasteiger partial charge in [0.05, 0.1) is 0 Å². The van der Waals surface area contributed by atoms with Crippen molar-refractivity contribution in [2.45, 2.75) is 44.6 Å². The fraction of sp³-hybridized carbons (Fsp3) is 0.650. The van der Waals surface area contributed by atoms with E-state index < -0.39 is 5.60 Å². The molecule has 4 nitrogen and oxygen atoms in total. The highest BCUT2D eigenvalue weighted by Crippen LogP contribution is 2.26. The highest BCUT2D eigenvalue weighted by Gasteiger charge is 2.43. The number of hydrogen-bond acceptors (Lipinski definition) is 3. The molecule has 0 aliphatic carbocycles. The van der Waals surface area contributed by atoms with E-state index in [1.165, 1.54) is 18.4 Å². The van der Waals surface area contributed by atoms with Crippen molar-refractivity contribution in [2.24, 2.45) is 5.92 Å². The minimum atomic E-state index is -1.19. The van der Waals surface area contributed by atoms with E-state index >= 15 is 0 Å². The van der Waals surface area contributed by atoms with Crippen molar-refractivity contribution in [3.63, 3.8) is 0 Å². The monoisotopic (exact) mass is 330 g/mol. The predicted octanol–water partition coefficient (Wildman–Crippen LogP) is 2.31. The zero-order valence-corrected chi connectivity index (χ0v) is 14.8. The van der Waals surface area contributed by atoms with Crippen molar-refractivity contribution in [1.29, 1.82) is 0 Å². The summed E-state index contributed by atoms with van der Waals surface area (Å²) >= 11 is 0. The molecule has 0 spiro atoms. The highest BCUT2D eigenvalue weighted by molar-refractivity contribution is 5.86. The largest absolute Gasteiger partial charge is 0.379 e. The lowest BCUT2D eigenvalue weighted by Crippen LogP contribution is -2.59. The summed E-state index contributed by atoms with van der Waals surface area (Å²) in [6.07, 6.45) is 4.68. The van der Waals surface area contributed by atoms with Crippen LogP contribution in [0.5, 0.6) is 0 Å². The van der Waals surface area contributed by atoms with E-state index in [9.17, 15) is 9.90 Å². The zero-order valence-electron chi connectivity index (χ0n) is 14.8. The van der Waals surface area contributed by atoms with Gasteiger partial charge in [-0.3, -0.25) is 9.69 Å². The van der Waals surface area contributed by atoms with Gasteiger partial charge in [-0.15, -0.1) is 0 Å². The smallest absolute Gasteiger partial charge is 0.255 e. The molecule has 0 aromatic heterocycles. The van der Waals surface area contributed by atoms with Gasteiger partial charge in [-0.2, -0.15) is 0 Å². The quantitative estimate of drug-likeness (QED) is 0.901. The van der Waals surface area contributed by atoms with Gasteiger partial charge in [0, 0.05) is 19.6 Å². The number of carbonyl (C=O) groups is 1. The number of rotatable bonds is 5. The first kappa shape index (κ1) is 17.4. The molecule has 0 saturated carbocycles. The van der Waals surface area contributed by atoms with Gasteiger partial charge < -0.3 is 10.0 Å². The summed E-state index contributed by atoms with van der Waals surface area (Å²) in [4.78, 5) is 17.0. The van der Waals surface area contributed by atoms with E-state index in [-0.39, 0.29) is 5.91 Å². The molecule has 4 heteroatoms. The van der Waals surface area contributed by atoms with Crippen LogP contribution in [-0.4, -0.2) is 59.1 Å². The number of piperidine rings is 2. The number of benzene rings is 1. The van der Waals surface area contributed by atoms with Crippen LogP contribution in [0, 0.1) is 5.92 Å². The van der Waals surface area contributed by atoms with Gasteiger partial charge in [-0.05, 0) is 56.7 Å². The van der Waals surface area contributed by atoms with Crippen LogP contribution >= 0.6 is 0 Å². The number of nitrogens with zero attached hydrogens (tertiary/aromatic N) is 2. The Morgan fingerprint density at radius 1 is 1.17 bits per heavy atom. The summed E-state index contributed by atoms with van der Waals surface area (Å²) < 4.78 is 0. The number of aliphatic hydroxyl groups is 1. The molecule has 2 aliphatic rings. The third-order valence-corrected chi connectivity index (χ3v) is 5.58. The van der Waals surface area contributed by atoms with Crippen molar-refractivity contribution in [3.8, 4) is 0 Å². The fourth-order valence-electron chi connectivity index (χ4n) is 3.92. The number of hydrogen-bond donors (Lipinski definition) is 1. The molecule has 132 valence electrons. The molecule has 2 fully saturated rings. The van der Waals surface area contributed by atoms with E-state index in [2.05, 4.69) is 24.0 Å². The summed E-state index contributed by atoms with van der Waals surface area (Å²) in [6.45, 7) is 6.25. The molecule has 2 heterocycles. The number of β-amino-alcohol motifs (C(OH)–C–C–N with tert-alkyl or cyclic N) is 1. The van der Waals surface area contributed by atoms with Crippen LogP contribution in [0.15, 0.2) is 30.3 Å². The molecule has 2 saturated heterocycles. The zero-order chi connectivity index (χ0) is 17.0. The molecular weight excluding hydrogens is 300 g/mol. The van der Waals surface area contributed by atoms with Gasteiger partial charge in [0.1, 0.15) is 0 Å².